The summed E-state index contributed by atoms with van der Waals surface area (Å²) in [6, 6.07) is 7.76. The van der Waals surface area contributed by atoms with E-state index in [1.165, 1.54) is 23.1 Å². The van der Waals surface area contributed by atoms with Crippen molar-refractivity contribution >= 4 is 21.9 Å². The van der Waals surface area contributed by atoms with Gasteiger partial charge in [0.25, 0.3) is 0 Å². The number of ether oxygens (including phenoxy) is 1. The minimum Gasteiger partial charge on any atom is -0.490 e. The summed E-state index contributed by atoms with van der Waals surface area (Å²) in [5.41, 5.74) is 3.24. The lowest BCUT2D eigenvalue weighted by Gasteiger charge is -2.43. The Morgan fingerprint density at radius 3 is 2.74 bits per heavy atom. The fraction of sp³-hybridized carbons (Fsp3) is 0.407. The maximum atomic E-state index is 13.9. The quantitative estimate of drug-likeness (QED) is 0.424. The second-order valence-corrected chi connectivity index (χ2v) is 9.70. The SMILES string of the molecule is Fc1ccc(OCC2CCCN(N3CCC(c4cc[nH]c5cnc6nccc6c45)CC3)C2)c(F)c1. The number of pyridine rings is 2. The lowest BCUT2D eigenvalue weighted by Crippen LogP contribution is -2.51. The van der Waals surface area contributed by atoms with Crippen LogP contribution in [0.2, 0.25) is 0 Å². The first-order valence-corrected chi connectivity index (χ1v) is 12.4. The number of rotatable bonds is 5. The topological polar surface area (TPSA) is 57.3 Å². The lowest BCUT2D eigenvalue weighted by atomic mass is 9.87. The third-order valence-electron chi connectivity index (χ3n) is 7.50. The highest BCUT2D eigenvalue weighted by atomic mass is 19.1. The number of aromatic amines is 1. The highest BCUT2D eigenvalue weighted by Crippen LogP contribution is 2.36. The molecule has 0 radical (unpaired) electrons. The first kappa shape index (κ1) is 22.4. The van der Waals surface area contributed by atoms with Gasteiger partial charge >= 0.3 is 0 Å². The number of H-pyrrole nitrogens is 1. The van der Waals surface area contributed by atoms with Crippen LogP contribution in [0.15, 0.2) is 48.9 Å². The van der Waals surface area contributed by atoms with Crippen LogP contribution in [0.3, 0.4) is 0 Å². The second kappa shape index (κ2) is 9.51. The summed E-state index contributed by atoms with van der Waals surface area (Å²) in [5, 5.41) is 7.30. The van der Waals surface area contributed by atoms with Crippen molar-refractivity contribution in [3.8, 4) is 5.75 Å². The predicted octanol–water partition coefficient (Wildman–Crippen LogP) is 5.27. The fourth-order valence-electron chi connectivity index (χ4n) is 5.72. The summed E-state index contributed by atoms with van der Waals surface area (Å²) >= 11 is 0. The normalized spacial score (nSPS) is 20.6. The van der Waals surface area contributed by atoms with Crippen LogP contribution >= 0.6 is 0 Å². The van der Waals surface area contributed by atoms with E-state index in [2.05, 4.69) is 37.1 Å². The molecule has 2 fully saturated rings. The van der Waals surface area contributed by atoms with E-state index >= 15 is 0 Å². The van der Waals surface area contributed by atoms with Gasteiger partial charge in [0.1, 0.15) is 5.82 Å². The summed E-state index contributed by atoms with van der Waals surface area (Å²) in [6.07, 6.45) is 10.1. The van der Waals surface area contributed by atoms with Crippen molar-refractivity contribution in [2.24, 2.45) is 5.92 Å². The molecule has 1 unspecified atom stereocenters. The van der Waals surface area contributed by atoms with Crippen molar-refractivity contribution in [1.29, 1.82) is 0 Å². The fourth-order valence-corrected chi connectivity index (χ4v) is 5.72. The van der Waals surface area contributed by atoms with Crippen LogP contribution in [0.1, 0.15) is 37.2 Å². The van der Waals surface area contributed by atoms with E-state index in [0.717, 1.165) is 74.5 Å². The molecule has 2 saturated heterocycles. The largest absolute Gasteiger partial charge is 0.490 e. The van der Waals surface area contributed by atoms with E-state index in [1.54, 1.807) is 0 Å². The number of nitrogens with one attached hydrogen (secondary N) is 1. The second-order valence-electron chi connectivity index (χ2n) is 9.70. The Labute approximate surface area is 202 Å². The number of benzene rings is 1. The number of nitrogens with zero attached hydrogens (tertiary/aromatic N) is 4. The Hall–Kier alpha value is -3.10. The first-order chi connectivity index (χ1) is 17.2. The van der Waals surface area contributed by atoms with Crippen LogP contribution in [0.25, 0.3) is 21.9 Å². The van der Waals surface area contributed by atoms with Gasteiger partial charge in [-0.3, -0.25) is 0 Å². The highest BCUT2D eigenvalue weighted by molar-refractivity contribution is 6.05. The van der Waals surface area contributed by atoms with Crippen molar-refractivity contribution < 1.29 is 13.5 Å². The number of hydrogen-bond donors (Lipinski definition) is 1. The molecule has 0 bridgehead atoms. The molecular formula is C27H29F2N5O. The standard InChI is InChI=1S/C27H29F2N5O/c28-20-3-4-25(23(29)14-20)35-17-18-2-1-11-34(16-18)33-12-7-19(8-13-33)21-5-9-30-24-15-32-27-22(26(21)24)6-10-31-27/h3-6,9-10,14-15,18-19,30H,1-2,7-8,11-13,16-17H2. The van der Waals surface area contributed by atoms with Gasteiger partial charge in [-0.05, 0) is 61.4 Å². The summed E-state index contributed by atoms with van der Waals surface area (Å²) in [7, 11) is 0. The summed E-state index contributed by atoms with van der Waals surface area (Å²) < 4.78 is 32.8. The van der Waals surface area contributed by atoms with E-state index in [4.69, 9.17) is 4.74 Å². The van der Waals surface area contributed by atoms with Gasteiger partial charge < -0.3 is 9.72 Å². The Morgan fingerprint density at radius 2 is 1.89 bits per heavy atom. The summed E-state index contributed by atoms with van der Waals surface area (Å²) in [6.45, 7) is 4.42. The number of halogens is 2. The van der Waals surface area contributed by atoms with Crippen LogP contribution in [0.5, 0.6) is 5.75 Å². The monoisotopic (exact) mass is 477 g/mol. The molecule has 2 aliphatic heterocycles. The van der Waals surface area contributed by atoms with Crippen LogP contribution in [-0.2, 0) is 0 Å². The van der Waals surface area contributed by atoms with Gasteiger partial charge in [-0.15, -0.1) is 0 Å². The van der Waals surface area contributed by atoms with Crippen LogP contribution in [0, 0.1) is 17.6 Å². The third kappa shape index (κ3) is 4.48. The van der Waals surface area contributed by atoms with Gasteiger partial charge in [0, 0.05) is 61.3 Å². The van der Waals surface area contributed by atoms with Crippen LogP contribution in [0.4, 0.5) is 8.78 Å². The Bertz CT molecular complexity index is 1330. The highest BCUT2D eigenvalue weighted by Gasteiger charge is 2.29. The van der Waals surface area contributed by atoms with Gasteiger partial charge in [-0.2, -0.15) is 0 Å². The van der Waals surface area contributed by atoms with Crippen molar-refractivity contribution in [3.63, 3.8) is 0 Å². The minimum absolute atomic E-state index is 0.126. The molecule has 1 N–H and O–H groups in total. The number of piperidine rings is 2. The number of aromatic nitrogens is 3. The average Bonchev–Trinajstić information content (AvgIpc) is 3.37. The maximum Gasteiger partial charge on any atom is 0.167 e. The van der Waals surface area contributed by atoms with E-state index in [-0.39, 0.29) is 5.75 Å². The molecule has 1 aromatic carbocycles. The van der Waals surface area contributed by atoms with Gasteiger partial charge in [0.15, 0.2) is 17.2 Å². The van der Waals surface area contributed by atoms with Gasteiger partial charge in [-0.1, -0.05) is 0 Å². The zero-order valence-corrected chi connectivity index (χ0v) is 19.6. The van der Waals surface area contributed by atoms with Gasteiger partial charge in [0.05, 0.1) is 18.3 Å². The third-order valence-corrected chi connectivity index (χ3v) is 7.50. The molecule has 0 saturated carbocycles. The van der Waals surface area contributed by atoms with E-state index in [9.17, 15) is 8.78 Å². The molecule has 0 spiro atoms. The van der Waals surface area contributed by atoms with E-state index in [0.29, 0.717) is 18.4 Å². The molecule has 6 nitrogen and oxygen atoms in total. The molecular weight excluding hydrogens is 448 g/mol. The summed E-state index contributed by atoms with van der Waals surface area (Å²) in [5.74, 6) is -0.284. The van der Waals surface area contributed by atoms with Crippen molar-refractivity contribution in [2.45, 2.75) is 31.6 Å². The molecule has 1 atom stereocenters. The van der Waals surface area contributed by atoms with Crippen LogP contribution < -0.4 is 4.74 Å². The Morgan fingerprint density at radius 1 is 1.00 bits per heavy atom. The summed E-state index contributed by atoms with van der Waals surface area (Å²) in [4.78, 5) is 12.2. The van der Waals surface area contributed by atoms with Crippen molar-refractivity contribution in [2.75, 3.05) is 32.8 Å². The number of fused-ring (bicyclic) bond motifs is 3. The Kier molecular flexibility index (Phi) is 6.08. The molecule has 3 aromatic heterocycles. The molecule has 6 rings (SSSR count). The van der Waals surface area contributed by atoms with Crippen molar-refractivity contribution in [3.05, 3.63) is 66.1 Å². The minimum atomic E-state index is -0.642. The smallest absolute Gasteiger partial charge is 0.167 e. The van der Waals surface area contributed by atoms with E-state index in [1.807, 2.05) is 18.6 Å². The number of hydrazine groups is 1. The Balaban J connectivity index is 1.10. The van der Waals surface area contributed by atoms with E-state index < -0.39 is 11.6 Å². The molecule has 5 heterocycles. The maximum absolute atomic E-state index is 13.9. The number of hydrogen-bond acceptors (Lipinski definition) is 5. The molecule has 0 amide bonds. The predicted molar refractivity (Wildman–Crippen MR) is 131 cm³/mol. The molecule has 2 aliphatic rings. The molecule has 0 aliphatic carbocycles. The van der Waals surface area contributed by atoms with Crippen molar-refractivity contribution in [1.82, 2.24) is 25.0 Å². The molecule has 35 heavy (non-hydrogen) atoms. The first-order valence-electron chi connectivity index (χ1n) is 12.4. The zero-order chi connectivity index (χ0) is 23.8. The molecule has 4 aromatic rings. The molecule has 8 heteroatoms. The van der Waals surface area contributed by atoms with Gasteiger partial charge in [0.2, 0.25) is 0 Å². The molecule has 182 valence electrons. The van der Waals surface area contributed by atoms with Crippen LogP contribution in [-0.4, -0.2) is 57.8 Å². The zero-order valence-electron chi connectivity index (χ0n) is 19.6. The average molecular weight is 478 g/mol. The lowest BCUT2D eigenvalue weighted by molar-refractivity contribution is -0.0738. The van der Waals surface area contributed by atoms with Gasteiger partial charge in [-0.25, -0.2) is 28.8 Å².